The van der Waals surface area contributed by atoms with Crippen LogP contribution in [-0.2, 0) is 23.3 Å². The van der Waals surface area contributed by atoms with Gasteiger partial charge in [0.1, 0.15) is 0 Å². The van der Waals surface area contributed by atoms with Gasteiger partial charge in [0.2, 0.25) is 0 Å². The van der Waals surface area contributed by atoms with Crippen LogP contribution in [0.3, 0.4) is 0 Å². The van der Waals surface area contributed by atoms with Crippen LogP contribution in [0.4, 0.5) is 0 Å². The van der Waals surface area contributed by atoms with E-state index in [2.05, 4.69) is 18.0 Å². The summed E-state index contributed by atoms with van der Waals surface area (Å²) in [5.74, 6) is 0.999. The van der Waals surface area contributed by atoms with Crippen molar-refractivity contribution in [2.75, 3.05) is 0 Å². The van der Waals surface area contributed by atoms with Crippen molar-refractivity contribution in [1.82, 2.24) is 4.98 Å². The first-order chi connectivity index (χ1) is 13.1. The maximum absolute atomic E-state index is 12.5. The van der Waals surface area contributed by atoms with E-state index >= 15 is 0 Å². The Hall–Kier alpha value is -1.72. The SMILES string of the molecule is CCCc1ccc(C(CC2CCCC2)c2ccc(CS(=O)O)cc2)[nH]c1=O. The molecule has 0 radical (unpaired) electrons. The molecule has 2 atom stereocenters. The number of nitrogens with one attached hydrogen (secondary N) is 1. The quantitative estimate of drug-likeness (QED) is 0.642. The van der Waals surface area contributed by atoms with Gasteiger partial charge in [0, 0.05) is 17.2 Å². The summed E-state index contributed by atoms with van der Waals surface area (Å²) in [7, 11) is 0. The van der Waals surface area contributed by atoms with Crippen molar-refractivity contribution in [3.8, 4) is 0 Å². The molecule has 0 spiro atoms. The van der Waals surface area contributed by atoms with Gasteiger partial charge in [-0.15, -0.1) is 0 Å². The van der Waals surface area contributed by atoms with Crippen LogP contribution in [0.25, 0.3) is 0 Å². The van der Waals surface area contributed by atoms with E-state index in [4.69, 9.17) is 4.55 Å². The molecule has 1 aliphatic rings. The Morgan fingerprint density at radius 1 is 1.15 bits per heavy atom. The maximum Gasteiger partial charge on any atom is 0.251 e. The number of hydrogen-bond donors (Lipinski definition) is 2. The summed E-state index contributed by atoms with van der Waals surface area (Å²) in [6, 6.07) is 12.0. The van der Waals surface area contributed by atoms with Gasteiger partial charge in [-0.25, -0.2) is 4.21 Å². The molecule has 1 aromatic heterocycles. The summed E-state index contributed by atoms with van der Waals surface area (Å²) < 4.78 is 20.1. The monoisotopic (exact) mass is 387 g/mol. The van der Waals surface area contributed by atoms with E-state index in [-0.39, 0.29) is 17.2 Å². The molecular formula is C22H29NO3S. The molecular weight excluding hydrogens is 358 g/mol. The highest BCUT2D eigenvalue weighted by Crippen LogP contribution is 2.37. The topological polar surface area (TPSA) is 70.2 Å². The molecule has 1 fully saturated rings. The van der Waals surface area contributed by atoms with E-state index in [1.165, 1.54) is 25.7 Å². The van der Waals surface area contributed by atoms with E-state index in [9.17, 15) is 9.00 Å². The molecule has 1 aromatic carbocycles. The standard InChI is InChI=1S/C22H29NO3S/c1-2-5-19-12-13-21(23-22(19)24)20(14-16-6-3-4-7-16)18-10-8-17(9-11-18)15-27(25)26/h8-13,16,20H,2-7,14-15H2,1H3,(H,23,24)(H,25,26). The highest BCUT2D eigenvalue weighted by Gasteiger charge is 2.23. The van der Waals surface area contributed by atoms with Gasteiger partial charge in [-0.1, -0.05) is 69.4 Å². The van der Waals surface area contributed by atoms with Crippen LogP contribution < -0.4 is 5.56 Å². The van der Waals surface area contributed by atoms with Gasteiger partial charge in [-0.05, 0) is 36.0 Å². The van der Waals surface area contributed by atoms with Gasteiger partial charge in [0.05, 0.1) is 5.75 Å². The smallest absolute Gasteiger partial charge is 0.251 e. The van der Waals surface area contributed by atoms with Gasteiger partial charge in [0.25, 0.3) is 5.56 Å². The fraction of sp³-hybridized carbons (Fsp3) is 0.500. The lowest BCUT2D eigenvalue weighted by atomic mass is 9.85. The summed E-state index contributed by atoms with van der Waals surface area (Å²) in [4.78, 5) is 15.6. The van der Waals surface area contributed by atoms with Crippen molar-refractivity contribution >= 4 is 11.1 Å². The zero-order valence-corrected chi connectivity index (χ0v) is 16.8. The van der Waals surface area contributed by atoms with Crippen LogP contribution in [0, 0.1) is 5.92 Å². The molecule has 2 N–H and O–H groups in total. The first-order valence-corrected chi connectivity index (χ1v) is 11.2. The third-order valence-corrected chi connectivity index (χ3v) is 6.20. The second-order valence-corrected chi connectivity index (χ2v) is 8.60. The lowest BCUT2D eigenvalue weighted by Gasteiger charge is -2.22. The number of hydrogen-bond acceptors (Lipinski definition) is 2. The predicted molar refractivity (Wildman–Crippen MR) is 110 cm³/mol. The Kier molecular flexibility index (Phi) is 7.02. The van der Waals surface area contributed by atoms with Crippen molar-refractivity contribution in [1.29, 1.82) is 0 Å². The van der Waals surface area contributed by atoms with E-state index in [1.807, 2.05) is 30.3 Å². The molecule has 2 aromatic rings. The fourth-order valence-electron chi connectivity index (χ4n) is 4.20. The summed E-state index contributed by atoms with van der Waals surface area (Å²) >= 11 is -1.83. The maximum atomic E-state index is 12.5. The van der Waals surface area contributed by atoms with Crippen molar-refractivity contribution in [3.63, 3.8) is 0 Å². The highest BCUT2D eigenvalue weighted by molar-refractivity contribution is 7.78. The van der Waals surface area contributed by atoms with Gasteiger partial charge in [-0.2, -0.15) is 0 Å². The molecule has 1 saturated carbocycles. The normalized spacial score (nSPS) is 17.1. The van der Waals surface area contributed by atoms with E-state index in [0.717, 1.165) is 41.6 Å². The predicted octanol–water partition coefficient (Wildman–Crippen LogP) is 4.76. The first kappa shape index (κ1) is 20.0. The highest BCUT2D eigenvalue weighted by atomic mass is 32.2. The molecule has 5 heteroatoms. The second kappa shape index (κ2) is 9.47. The number of aromatic amines is 1. The average molecular weight is 388 g/mol. The Bertz CT molecular complexity index is 822. The molecule has 2 unspecified atom stereocenters. The van der Waals surface area contributed by atoms with Crippen LogP contribution in [0.2, 0.25) is 0 Å². The number of benzene rings is 1. The van der Waals surface area contributed by atoms with E-state index < -0.39 is 11.1 Å². The molecule has 0 amide bonds. The number of aryl methyl sites for hydroxylation is 1. The third kappa shape index (κ3) is 5.39. The number of H-pyrrole nitrogens is 1. The largest absolute Gasteiger partial charge is 0.325 e. The van der Waals surface area contributed by atoms with Crippen molar-refractivity contribution in [2.24, 2.45) is 5.92 Å². The molecule has 0 bridgehead atoms. The molecule has 1 aliphatic carbocycles. The second-order valence-electron chi connectivity index (χ2n) is 7.66. The Labute approximate surface area is 163 Å². The van der Waals surface area contributed by atoms with Gasteiger partial charge in [0.15, 0.2) is 11.1 Å². The minimum atomic E-state index is -1.83. The minimum absolute atomic E-state index is 0.0260. The van der Waals surface area contributed by atoms with Gasteiger partial charge >= 0.3 is 0 Å². The summed E-state index contributed by atoms with van der Waals surface area (Å²) in [5.41, 5.74) is 3.86. The minimum Gasteiger partial charge on any atom is -0.325 e. The fourth-order valence-corrected chi connectivity index (χ4v) is 4.68. The van der Waals surface area contributed by atoms with Crippen LogP contribution in [0.15, 0.2) is 41.2 Å². The molecule has 0 aliphatic heterocycles. The number of aromatic nitrogens is 1. The van der Waals surface area contributed by atoms with Crippen molar-refractivity contribution < 1.29 is 8.76 Å². The molecule has 27 heavy (non-hydrogen) atoms. The van der Waals surface area contributed by atoms with E-state index in [1.54, 1.807) is 0 Å². The van der Waals surface area contributed by atoms with Gasteiger partial charge in [-0.3, -0.25) is 4.79 Å². The van der Waals surface area contributed by atoms with Crippen LogP contribution in [-0.4, -0.2) is 13.7 Å². The van der Waals surface area contributed by atoms with Gasteiger partial charge < -0.3 is 9.54 Å². The number of pyridine rings is 1. The zero-order valence-electron chi connectivity index (χ0n) is 15.9. The Morgan fingerprint density at radius 2 is 1.85 bits per heavy atom. The summed E-state index contributed by atoms with van der Waals surface area (Å²) in [6.45, 7) is 2.08. The van der Waals surface area contributed by atoms with Crippen LogP contribution >= 0.6 is 0 Å². The molecule has 146 valence electrons. The van der Waals surface area contributed by atoms with E-state index in [0.29, 0.717) is 5.92 Å². The molecule has 1 heterocycles. The zero-order chi connectivity index (χ0) is 19.2. The molecule has 3 rings (SSSR count). The average Bonchev–Trinajstić information content (AvgIpc) is 3.15. The first-order valence-electron chi connectivity index (χ1n) is 9.95. The van der Waals surface area contributed by atoms with Crippen molar-refractivity contribution in [2.45, 2.75) is 63.5 Å². The van der Waals surface area contributed by atoms with Crippen LogP contribution in [0.1, 0.15) is 73.8 Å². The molecule has 4 nitrogen and oxygen atoms in total. The summed E-state index contributed by atoms with van der Waals surface area (Å²) in [6.07, 6.45) is 7.91. The lowest BCUT2D eigenvalue weighted by molar-refractivity contribution is 0.468. The Balaban J connectivity index is 1.89. The Morgan fingerprint density at radius 3 is 2.44 bits per heavy atom. The summed E-state index contributed by atoms with van der Waals surface area (Å²) in [5, 5.41) is 0. The third-order valence-electron chi connectivity index (χ3n) is 5.62. The lowest BCUT2D eigenvalue weighted by Crippen LogP contribution is -2.18. The number of rotatable bonds is 8. The molecule has 0 saturated heterocycles. The van der Waals surface area contributed by atoms with Crippen LogP contribution in [0.5, 0.6) is 0 Å². The van der Waals surface area contributed by atoms with Crippen molar-refractivity contribution in [3.05, 3.63) is 69.1 Å².